The first-order valence-corrected chi connectivity index (χ1v) is 10.8. The zero-order valence-corrected chi connectivity index (χ0v) is 20.0. The summed E-state index contributed by atoms with van der Waals surface area (Å²) >= 11 is 3.36. The number of benzene rings is 2. The molecule has 172 valence electrons. The van der Waals surface area contributed by atoms with Crippen LogP contribution in [0.15, 0.2) is 44.7 Å². The molecule has 1 heterocycles. The third kappa shape index (κ3) is 5.08. The number of carbonyl (C=O) groups excluding carboxylic acids is 1. The molecule has 0 fully saturated rings. The predicted molar refractivity (Wildman–Crippen MR) is 126 cm³/mol. The van der Waals surface area contributed by atoms with Gasteiger partial charge in [-0.3, -0.25) is 19.7 Å². The molecule has 0 aliphatic rings. The van der Waals surface area contributed by atoms with Crippen molar-refractivity contribution in [3.63, 3.8) is 0 Å². The number of esters is 1. The van der Waals surface area contributed by atoms with Crippen LogP contribution in [0.2, 0.25) is 0 Å². The molecule has 2 aromatic carbocycles. The van der Waals surface area contributed by atoms with Crippen molar-refractivity contribution < 1.29 is 19.2 Å². The fourth-order valence-corrected chi connectivity index (χ4v) is 3.48. The molecule has 0 spiro atoms. The number of aromatic nitrogens is 2. The standard InChI is InChI=1S/C22H21BrN4O6/c1-5-12(2)21-25-17-7-6-15(23)10-16(17)22(29)26(21)24-11-14-8-18(27(30)31)20(33-13(3)28)19(9-14)32-4/h6-12H,5H2,1-4H3/t12-/m1/s1. The zero-order valence-electron chi connectivity index (χ0n) is 18.4. The van der Waals surface area contributed by atoms with Gasteiger partial charge in [-0.2, -0.15) is 9.78 Å². The van der Waals surface area contributed by atoms with Crippen molar-refractivity contribution in [3.8, 4) is 11.5 Å². The smallest absolute Gasteiger partial charge is 0.316 e. The molecule has 33 heavy (non-hydrogen) atoms. The Labute approximate surface area is 197 Å². The molecule has 10 nitrogen and oxygen atoms in total. The number of ether oxygens (including phenoxy) is 2. The van der Waals surface area contributed by atoms with Crippen LogP contribution >= 0.6 is 15.9 Å². The first-order valence-electron chi connectivity index (χ1n) is 9.97. The minimum Gasteiger partial charge on any atom is -0.493 e. The predicted octanol–water partition coefficient (Wildman–Crippen LogP) is 4.40. The summed E-state index contributed by atoms with van der Waals surface area (Å²) in [5.74, 6) is -0.654. The second-order valence-corrected chi connectivity index (χ2v) is 8.14. The third-order valence-electron chi connectivity index (χ3n) is 4.93. The van der Waals surface area contributed by atoms with Crippen LogP contribution in [0.5, 0.6) is 11.5 Å². The second-order valence-electron chi connectivity index (χ2n) is 7.22. The van der Waals surface area contributed by atoms with Crippen molar-refractivity contribution >= 4 is 44.7 Å². The van der Waals surface area contributed by atoms with Crippen LogP contribution in [-0.2, 0) is 4.79 Å². The van der Waals surface area contributed by atoms with Crippen molar-refractivity contribution in [1.82, 2.24) is 9.66 Å². The number of carbonyl (C=O) groups is 1. The number of nitro groups is 1. The van der Waals surface area contributed by atoms with E-state index in [0.29, 0.717) is 16.7 Å². The van der Waals surface area contributed by atoms with Gasteiger partial charge in [0.1, 0.15) is 5.82 Å². The summed E-state index contributed by atoms with van der Waals surface area (Å²) in [6.07, 6.45) is 2.02. The monoisotopic (exact) mass is 516 g/mol. The fourth-order valence-electron chi connectivity index (χ4n) is 3.12. The molecule has 3 aromatic rings. The van der Waals surface area contributed by atoms with E-state index in [1.54, 1.807) is 18.2 Å². The number of nitro benzene ring substituents is 1. The topological polar surface area (TPSA) is 126 Å². The first-order chi connectivity index (χ1) is 15.7. The Morgan fingerprint density at radius 3 is 2.70 bits per heavy atom. The van der Waals surface area contributed by atoms with E-state index < -0.39 is 16.6 Å². The number of fused-ring (bicyclic) bond motifs is 1. The van der Waals surface area contributed by atoms with Crippen molar-refractivity contribution in [1.29, 1.82) is 0 Å². The van der Waals surface area contributed by atoms with Gasteiger partial charge in [0.05, 0.1) is 29.2 Å². The Kier molecular flexibility index (Phi) is 7.22. The maximum Gasteiger partial charge on any atom is 0.316 e. The lowest BCUT2D eigenvalue weighted by molar-refractivity contribution is -0.385. The number of rotatable bonds is 7. The summed E-state index contributed by atoms with van der Waals surface area (Å²) in [7, 11) is 1.30. The highest BCUT2D eigenvalue weighted by molar-refractivity contribution is 9.10. The molecule has 0 unspecified atom stereocenters. The van der Waals surface area contributed by atoms with Gasteiger partial charge in [0.2, 0.25) is 5.75 Å². The van der Waals surface area contributed by atoms with Crippen molar-refractivity contribution in [2.45, 2.75) is 33.1 Å². The van der Waals surface area contributed by atoms with E-state index in [1.165, 1.54) is 30.1 Å². The molecule has 0 saturated carbocycles. The van der Waals surface area contributed by atoms with E-state index in [2.05, 4.69) is 26.0 Å². The van der Waals surface area contributed by atoms with Gasteiger partial charge >= 0.3 is 11.7 Å². The van der Waals surface area contributed by atoms with Gasteiger partial charge < -0.3 is 9.47 Å². The van der Waals surface area contributed by atoms with Crippen molar-refractivity contribution in [2.75, 3.05) is 7.11 Å². The molecule has 1 atom stereocenters. The van der Waals surface area contributed by atoms with Gasteiger partial charge in [-0.15, -0.1) is 0 Å². The Bertz CT molecular complexity index is 1330. The molecule has 0 amide bonds. The average Bonchev–Trinajstić information content (AvgIpc) is 2.78. The van der Waals surface area contributed by atoms with Gasteiger partial charge in [-0.25, -0.2) is 4.98 Å². The maximum absolute atomic E-state index is 13.2. The van der Waals surface area contributed by atoms with Crippen molar-refractivity contribution in [3.05, 3.63) is 66.7 Å². The van der Waals surface area contributed by atoms with Crippen LogP contribution in [0.3, 0.4) is 0 Å². The molecular formula is C22H21BrN4O6. The van der Waals surface area contributed by atoms with Crippen molar-refractivity contribution in [2.24, 2.45) is 5.10 Å². The summed E-state index contributed by atoms with van der Waals surface area (Å²) in [4.78, 5) is 40.1. The Balaban J connectivity index is 2.20. The van der Waals surface area contributed by atoms with Crippen LogP contribution in [0, 0.1) is 10.1 Å². The van der Waals surface area contributed by atoms with E-state index in [1.807, 2.05) is 13.8 Å². The Morgan fingerprint density at radius 1 is 1.36 bits per heavy atom. The molecule has 0 aliphatic carbocycles. The summed E-state index contributed by atoms with van der Waals surface area (Å²) in [6.45, 7) is 5.03. The number of nitrogens with zero attached hydrogens (tertiary/aromatic N) is 4. The highest BCUT2D eigenvalue weighted by Gasteiger charge is 2.24. The lowest BCUT2D eigenvalue weighted by Gasteiger charge is -2.14. The fraction of sp³-hybridized carbons (Fsp3) is 0.273. The largest absolute Gasteiger partial charge is 0.493 e. The van der Waals surface area contributed by atoms with Crippen LogP contribution in [0.1, 0.15) is 44.5 Å². The lowest BCUT2D eigenvalue weighted by atomic mass is 10.1. The molecule has 0 bridgehead atoms. The van der Waals surface area contributed by atoms with E-state index in [0.717, 1.165) is 17.8 Å². The average molecular weight is 517 g/mol. The van der Waals surface area contributed by atoms with Crippen LogP contribution < -0.4 is 15.0 Å². The van der Waals surface area contributed by atoms with E-state index in [4.69, 9.17) is 9.47 Å². The normalized spacial score (nSPS) is 12.2. The quantitative estimate of drug-likeness (QED) is 0.150. The molecule has 1 aromatic heterocycles. The molecule has 3 rings (SSSR count). The van der Waals surface area contributed by atoms with E-state index >= 15 is 0 Å². The molecule has 0 aliphatic heterocycles. The van der Waals surface area contributed by atoms with E-state index in [-0.39, 0.29) is 28.5 Å². The van der Waals surface area contributed by atoms with Gasteiger partial charge in [0, 0.05) is 28.9 Å². The second kappa shape index (κ2) is 9.90. The summed E-state index contributed by atoms with van der Waals surface area (Å²) in [6, 6.07) is 7.83. The summed E-state index contributed by atoms with van der Waals surface area (Å²) < 4.78 is 12.1. The van der Waals surface area contributed by atoms with Crippen LogP contribution in [0.25, 0.3) is 10.9 Å². The van der Waals surface area contributed by atoms with Gasteiger partial charge in [0.25, 0.3) is 5.56 Å². The summed E-state index contributed by atoms with van der Waals surface area (Å²) in [5, 5.41) is 16.2. The minimum absolute atomic E-state index is 0.0177. The maximum atomic E-state index is 13.2. The van der Waals surface area contributed by atoms with Crippen LogP contribution in [-0.4, -0.2) is 33.9 Å². The molecule has 11 heteroatoms. The third-order valence-corrected chi connectivity index (χ3v) is 5.42. The lowest BCUT2D eigenvalue weighted by Crippen LogP contribution is -2.23. The SMILES string of the molecule is CC[C@@H](C)c1nc2ccc(Br)cc2c(=O)n1N=Cc1cc(OC)c(OC(C)=O)c([N+](=O)[O-])c1. The highest BCUT2D eigenvalue weighted by atomic mass is 79.9. The number of hydrogen-bond donors (Lipinski definition) is 0. The van der Waals surface area contributed by atoms with E-state index in [9.17, 15) is 19.7 Å². The van der Waals surface area contributed by atoms with Gasteiger partial charge in [0.15, 0.2) is 5.75 Å². The van der Waals surface area contributed by atoms with Gasteiger partial charge in [-0.1, -0.05) is 29.8 Å². The summed E-state index contributed by atoms with van der Waals surface area (Å²) in [5.41, 5.74) is -0.0225. The number of halogens is 1. The Morgan fingerprint density at radius 2 is 2.09 bits per heavy atom. The molecule has 0 radical (unpaired) electrons. The minimum atomic E-state index is -0.726. The highest BCUT2D eigenvalue weighted by Crippen LogP contribution is 2.38. The van der Waals surface area contributed by atoms with Gasteiger partial charge in [-0.05, 0) is 30.7 Å². The Hall–Kier alpha value is -3.60. The molecule has 0 N–H and O–H groups in total. The number of hydrogen-bond acceptors (Lipinski definition) is 8. The molecular weight excluding hydrogens is 496 g/mol. The van der Waals surface area contributed by atoms with Crippen LogP contribution in [0.4, 0.5) is 5.69 Å². The number of methoxy groups -OCH3 is 1. The zero-order chi connectivity index (χ0) is 24.3. The molecule has 0 saturated heterocycles. The first kappa shape index (κ1) is 24.1.